The van der Waals surface area contributed by atoms with Crippen LogP contribution in [0.5, 0.6) is 0 Å². The second kappa shape index (κ2) is 5.89. The van der Waals surface area contributed by atoms with Crippen molar-refractivity contribution < 1.29 is 19.0 Å². The summed E-state index contributed by atoms with van der Waals surface area (Å²) in [4.78, 5) is 1.63. The first-order valence-corrected chi connectivity index (χ1v) is 4.97. The lowest BCUT2D eigenvalue weighted by Gasteiger charge is -2.20. The van der Waals surface area contributed by atoms with Crippen LogP contribution in [0, 0.1) is 11.6 Å². The molecule has 1 atom stereocenters. The van der Waals surface area contributed by atoms with Gasteiger partial charge in [-0.3, -0.25) is 0 Å². The Kier molecular flexibility index (Phi) is 4.79. The summed E-state index contributed by atoms with van der Waals surface area (Å²) in [6, 6.07) is 2.97. The first kappa shape index (κ1) is 13.0. The van der Waals surface area contributed by atoms with Crippen molar-refractivity contribution in [3.8, 4) is 0 Å². The molecular formula is C11H15F2NO2. The second-order valence-electron chi connectivity index (χ2n) is 3.67. The van der Waals surface area contributed by atoms with Crippen molar-refractivity contribution >= 4 is 0 Å². The molecule has 0 fully saturated rings. The lowest BCUT2D eigenvalue weighted by molar-refractivity contribution is 0.112. The Balaban J connectivity index is 2.72. The van der Waals surface area contributed by atoms with E-state index >= 15 is 0 Å². The van der Waals surface area contributed by atoms with Gasteiger partial charge in [-0.15, -0.1) is 0 Å². The van der Waals surface area contributed by atoms with Crippen LogP contribution in [-0.4, -0.2) is 41.9 Å². The predicted molar refractivity (Wildman–Crippen MR) is 55.9 cm³/mol. The minimum absolute atomic E-state index is 0.0468. The summed E-state index contributed by atoms with van der Waals surface area (Å²) in [5, 5.41) is 18.4. The molecule has 1 unspecified atom stereocenters. The van der Waals surface area contributed by atoms with E-state index in [2.05, 4.69) is 0 Å². The molecule has 0 amide bonds. The van der Waals surface area contributed by atoms with Crippen molar-refractivity contribution in [3.05, 3.63) is 35.4 Å². The molecule has 2 N–H and O–H groups in total. The molecule has 3 nitrogen and oxygen atoms in total. The standard InChI is InChI=1S/C11H15F2NO2/c1-14(4-5-15)7-11(16)9-6-8(12)2-3-10(9)13/h2-3,6,11,15-16H,4-5,7H2,1H3. The van der Waals surface area contributed by atoms with Gasteiger partial charge in [0, 0.05) is 18.7 Å². The molecule has 0 saturated carbocycles. The highest BCUT2D eigenvalue weighted by Crippen LogP contribution is 2.18. The zero-order valence-electron chi connectivity index (χ0n) is 9.03. The van der Waals surface area contributed by atoms with Crippen LogP contribution in [0.3, 0.4) is 0 Å². The third kappa shape index (κ3) is 3.52. The molecule has 0 heterocycles. The van der Waals surface area contributed by atoms with Gasteiger partial charge in [-0.2, -0.15) is 0 Å². The van der Waals surface area contributed by atoms with Gasteiger partial charge in [-0.25, -0.2) is 8.78 Å². The van der Waals surface area contributed by atoms with E-state index in [-0.39, 0.29) is 18.7 Å². The highest BCUT2D eigenvalue weighted by Gasteiger charge is 2.15. The molecule has 0 aromatic heterocycles. The molecule has 0 aliphatic carbocycles. The Morgan fingerprint density at radius 1 is 1.38 bits per heavy atom. The smallest absolute Gasteiger partial charge is 0.129 e. The van der Waals surface area contributed by atoms with E-state index < -0.39 is 17.7 Å². The topological polar surface area (TPSA) is 43.7 Å². The molecule has 1 rings (SSSR count). The van der Waals surface area contributed by atoms with Crippen molar-refractivity contribution in [1.82, 2.24) is 4.90 Å². The number of nitrogens with zero attached hydrogens (tertiary/aromatic N) is 1. The third-order valence-corrected chi connectivity index (χ3v) is 2.28. The summed E-state index contributed by atoms with van der Waals surface area (Å²) in [6.45, 7) is 0.462. The number of rotatable bonds is 5. The van der Waals surface area contributed by atoms with Crippen LogP contribution in [0.25, 0.3) is 0 Å². The molecule has 1 aromatic rings. The summed E-state index contributed by atoms with van der Waals surface area (Å²) in [6.07, 6.45) is -1.10. The number of likely N-dealkylation sites (N-methyl/N-ethyl adjacent to an activating group) is 1. The Morgan fingerprint density at radius 3 is 2.69 bits per heavy atom. The van der Waals surface area contributed by atoms with Gasteiger partial charge in [-0.1, -0.05) is 0 Å². The van der Waals surface area contributed by atoms with Gasteiger partial charge in [0.2, 0.25) is 0 Å². The van der Waals surface area contributed by atoms with Crippen LogP contribution >= 0.6 is 0 Å². The molecule has 5 heteroatoms. The van der Waals surface area contributed by atoms with Gasteiger partial charge in [0.1, 0.15) is 11.6 Å². The average molecular weight is 231 g/mol. The highest BCUT2D eigenvalue weighted by molar-refractivity contribution is 5.21. The fraction of sp³-hybridized carbons (Fsp3) is 0.455. The molecule has 0 aliphatic heterocycles. The van der Waals surface area contributed by atoms with Crippen molar-refractivity contribution in [1.29, 1.82) is 0 Å². The molecule has 0 radical (unpaired) electrons. The molecule has 90 valence electrons. The number of hydrogen-bond donors (Lipinski definition) is 2. The Labute approximate surface area is 92.9 Å². The number of halogens is 2. The van der Waals surface area contributed by atoms with Crippen molar-refractivity contribution in [2.24, 2.45) is 0 Å². The molecular weight excluding hydrogens is 216 g/mol. The largest absolute Gasteiger partial charge is 0.395 e. The Bertz CT molecular complexity index is 347. The molecule has 1 aromatic carbocycles. The van der Waals surface area contributed by atoms with Crippen LogP contribution in [0.15, 0.2) is 18.2 Å². The lowest BCUT2D eigenvalue weighted by Crippen LogP contribution is -2.27. The molecule has 0 spiro atoms. The Morgan fingerprint density at radius 2 is 2.06 bits per heavy atom. The van der Waals surface area contributed by atoms with Gasteiger partial charge in [-0.05, 0) is 25.2 Å². The summed E-state index contributed by atoms with van der Waals surface area (Å²) >= 11 is 0. The zero-order valence-corrected chi connectivity index (χ0v) is 9.03. The average Bonchev–Trinajstić information content (AvgIpc) is 2.21. The van der Waals surface area contributed by atoms with Gasteiger partial charge >= 0.3 is 0 Å². The monoisotopic (exact) mass is 231 g/mol. The number of hydrogen-bond acceptors (Lipinski definition) is 3. The summed E-state index contributed by atoms with van der Waals surface area (Å²) in [7, 11) is 1.68. The van der Waals surface area contributed by atoms with E-state index in [1.54, 1.807) is 11.9 Å². The first-order valence-electron chi connectivity index (χ1n) is 4.97. The van der Waals surface area contributed by atoms with Crippen molar-refractivity contribution in [2.45, 2.75) is 6.10 Å². The lowest BCUT2D eigenvalue weighted by atomic mass is 10.1. The summed E-state index contributed by atoms with van der Waals surface area (Å²) < 4.78 is 26.1. The van der Waals surface area contributed by atoms with Gasteiger partial charge in [0.25, 0.3) is 0 Å². The maximum atomic E-state index is 13.3. The highest BCUT2D eigenvalue weighted by atomic mass is 19.1. The number of benzene rings is 1. The summed E-state index contributed by atoms with van der Waals surface area (Å²) in [5.74, 6) is -1.22. The number of aliphatic hydroxyl groups is 2. The van der Waals surface area contributed by atoms with Gasteiger partial charge in [0.05, 0.1) is 12.7 Å². The van der Waals surface area contributed by atoms with E-state index in [0.29, 0.717) is 6.54 Å². The minimum Gasteiger partial charge on any atom is -0.395 e. The SMILES string of the molecule is CN(CCO)CC(O)c1cc(F)ccc1F. The van der Waals surface area contributed by atoms with Crippen LogP contribution in [-0.2, 0) is 0 Å². The minimum atomic E-state index is -1.10. The fourth-order valence-electron chi connectivity index (χ4n) is 1.43. The van der Waals surface area contributed by atoms with Crippen molar-refractivity contribution in [2.75, 3.05) is 26.7 Å². The second-order valence-corrected chi connectivity index (χ2v) is 3.67. The normalized spacial score (nSPS) is 13.1. The van der Waals surface area contributed by atoms with E-state index in [9.17, 15) is 13.9 Å². The van der Waals surface area contributed by atoms with Crippen LogP contribution < -0.4 is 0 Å². The summed E-state index contributed by atoms with van der Waals surface area (Å²) in [5.41, 5.74) is -0.0650. The predicted octanol–water partition coefficient (Wildman–Crippen LogP) is 0.922. The zero-order chi connectivity index (χ0) is 12.1. The molecule has 0 aliphatic rings. The Hall–Kier alpha value is -1.04. The van der Waals surface area contributed by atoms with Crippen LogP contribution in [0.2, 0.25) is 0 Å². The quantitative estimate of drug-likeness (QED) is 0.792. The molecule has 16 heavy (non-hydrogen) atoms. The van der Waals surface area contributed by atoms with Gasteiger partial charge in [0.15, 0.2) is 0 Å². The number of aliphatic hydroxyl groups excluding tert-OH is 2. The van der Waals surface area contributed by atoms with Crippen molar-refractivity contribution in [3.63, 3.8) is 0 Å². The maximum Gasteiger partial charge on any atom is 0.129 e. The van der Waals surface area contributed by atoms with E-state index in [1.807, 2.05) is 0 Å². The van der Waals surface area contributed by atoms with Crippen LogP contribution in [0.4, 0.5) is 8.78 Å². The molecule has 0 bridgehead atoms. The maximum absolute atomic E-state index is 13.3. The third-order valence-electron chi connectivity index (χ3n) is 2.28. The van der Waals surface area contributed by atoms with E-state index in [4.69, 9.17) is 5.11 Å². The van der Waals surface area contributed by atoms with E-state index in [1.165, 1.54) is 0 Å². The first-order chi connectivity index (χ1) is 7.54. The molecule has 0 saturated heterocycles. The fourth-order valence-corrected chi connectivity index (χ4v) is 1.43. The van der Waals surface area contributed by atoms with Crippen LogP contribution in [0.1, 0.15) is 11.7 Å². The van der Waals surface area contributed by atoms with Gasteiger partial charge < -0.3 is 15.1 Å². The van der Waals surface area contributed by atoms with E-state index in [0.717, 1.165) is 18.2 Å².